The summed E-state index contributed by atoms with van der Waals surface area (Å²) >= 11 is 6.05. The zero-order valence-electron chi connectivity index (χ0n) is 9.98. The van der Waals surface area contributed by atoms with Gasteiger partial charge in [-0.1, -0.05) is 23.7 Å². The van der Waals surface area contributed by atoms with Crippen molar-refractivity contribution in [2.75, 3.05) is 18.2 Å². The molecule has 0 saturated heterocycles. The smallest absolute Gasteiger partial charge is 0.149 e. The van der Waals surface area contributed by atoms with Gasteiger partial charge in [-0.3, -0.25) is 0 Å². The van der Waals surface area contributed by atoms with Crippen LogP contribution >= 0.6 is 11.6 Å². The molecule has 0 bridgehead atoms. The molecule has 18 heavy (non-hydrogen) atoms. The van der Waals surface area contributed by atoms with E-state index in [0.717, 1.165) is 11.3 Å². The van der Waals surface area contributed by atoms with Crippen LogP contribution in [-0.2, 0) is 11.3 Å². The highest BCUT2D eigenvalue weighted by atomic mass is 35.5. The molecular weight excluding hydrogens is 250 g/mol. The number of hydrogen-bond donors (Lipinski definition) is 2. The second-order valence-electron chi connectivity index (χ2n) is 3.86. The van der Waals surface area contributed by atoms with Gasteiger partial charge in [-0.2, -0.15) is 0 Å². The van der Waals surface area contributed by atoms with E-state index in [1.165, 1.54) is 0 Å². The number of nitrogens with zero attached hydrogens (tertiary/aromatic N) is 1. The largest absolute Gasteiger partial charge is 0.397 e. The van der Waals surface area contributed by atoms with Crippen LogP contribution in [0.15, 0.2) is 36.5 Å². The zero-order chi connectivity index (χ0) is 13.0. The first-order chi connectivity index (χ1) is 8.69. The number of halogens is 1. The minimum Gasteiger partial charge on any atom is -0.397 e. The first kappa shape index (κ1) is 12.7. The van der Waals surface area contributed by atoms with E-state index < -0.39 is 0 Å². The molecule has 0 saturated carbocycles. The van der Waals surface area contributed by atoms with Crippen LogP contribution in [-0.4, -0.2) is 12.1 Å². The Morgan fingerprint density at radius 3 is 2.94 bits per heavy atom. The molecule has 0 aliphatic rings. The SMILES string of the molecule is COCc1cccc(Nc2ncc(N)cc2Cl)c1. The van der Waals surface area contributed by atoms with E-state index in [9.17, 15) is 0 Å². The summed E-state index contributed by atoms with van der Waals surface area (Å²) < 4.78 is 5.09. The molecule has 0 amide bonds. The van der Waals surface area contributed by atoms with Gasteiger partial charge in [-0.25, -0.2) is 4.98 Å². The lowest BCUT2D eigenvalue weighted by Crippen LogP contribution is -1.97. The first-order valence-electron chi connectivity index (χ1n) is 5.45. The summed E-state index contributed by atoms with van der Waals surface area (Å²) in [4.78, 5) is 4.15. The summed E-state index contributed by atoms with van der Waals surface area (Å²) in [5, 5.41) is 3.64. The number of methoxy groups -OCH3 is 1. The number of aromatic nitrogens is 1. The predicted molar refractivity (Wildman–Crippen MR) is 74.1 cm³/mol. The summed E-state index contributed by atoms with van der Waals surface area (Å²) in [7, 11) is 1.67. The molecule has 3 N–H and O–H groups in total. The number of anilines is 3. The van der Waals surface area contributed by atoms with E-state index >= 15 is 0 Å². The van der Waals surface area contributed by atoms with Gasteiger partial charge in [0.1, 0.15) is 5.82 Å². The highest BCUT2D eigenvalue weighted by molar-refractivity contribution is 6.33. The maximum Gasteiger partial charge on any atom is 0.149 e. The fourth-order valence-corrected chi connectivity index (χ4v) is 1.81. The molecule has 2 aromatic rings. The highest BCUT2D eigenvalue weighted by Gasteiger charge is 2.03. The molecule has 1 aromatic heterocycles. The first-order valence-corrected chi connectivity index (χ1v) is 5.83. The summed E-state index contributed by atoms with van der Waals surface area (Å²) in [6, 6.07) is 9.52. The molecule has 0 aliphatic heterocycles. The van der Waals surface area contributed by atoms with Crippen LogP contribution in [0.25, 0.3) is 0 Å². The number of nitrogen functional groups attached to an aromatic ring is 1. The van der Waals surface area contributed by atoms with Gasteiger partial charge in [0.25, 0.3) is 0 Å². The third-order valence-corrected chi connectivity index (χ3v) is 2.65. The Morgan fingerprint density at radius 1 is 1.39 bits per heavy atom. The van der Waals surface area contributed by atoms with Gasteiger partial charge in [0.2, 0.25) is 0 Å². The van der Waals surface area contributed by atoms with Crippen molar-refractivity contribution >= 4 is 28.8 Å². The Bertz CT molecular complexity index is 546. The van der Waals surface area contributed by atoms with E-state index in [1.54, 1.807) is 19.4 Å². The van der Waals surface area contributed by atoms with Crippen LogP contribution in [0.3, 0.4) is 0 Å². The van der Waals surface area contributed by atoms with Crippen LogP contribution < -0.4 is 11.1 Å². The molecule has 0 radical (unpaired) electrons. The fraction of sp³-hybridized carbons (Fsp3) is 0.154. The molecule has 5 heteroatoms. The number of pyridine rings is 1. The van der Waals surface area contributed by atoms with E-state index in [4.69, 9.17) is 22.1 Å². The summed E-state index contributed by atoms with van der Waals surface area (Å²) in [5.41, 5.74) is 8.12. The average Bonchev–Trinajstić information content (AvgIpc) is 2.34. The van der Waals surface area contributed by atoms with Crippen molar-refractivity contribution in [3.8, 4) is 0 Å². The van der Waals surface area contributed by atoms with Crippen molar-refractivity contribution in [3.63, 3.8) is 0 Å². The molecule has 1 heterocycles. The Morgan fingerprint density at radius 2 is 2.22 bits per heavy atom. The third kappa shape index (κ3) is 3.12. The highest BCUT2D eigenvalue weighted by Crippen LogP contribution is 2.25. The van der Waals surface area contributed by atoms with Crippen LogP contribution in [0.2, 0.25) is 5.02 Å². The minimum atomic E-state index is 0.493. The molecular formula is C13H14ClN3O. The van der Waals surface area contributed by atoms with Crippen molar-refractivity contribution in [3.05, 3.63) is 47.1 Å². The molecule has 0 aliphatic carbocycles. The van der Waals surface area contributed by atoms with Gasteiger partial charge in [0, 0.05) is 12.8 Å². The molecule has 0 spiro atoms. The van der Waals surface area contributed by atoms with E-state index in [2.05, 4.69) is 10.3 Å². The minimum absolute atomic E-state index is 0.493. The van der Waals surface area contributed by atoms with Crippen molar-refractivity contribution in [2.24, 2.45) is 0 Å². The summed E-state index contributed by atoms with van der Waals surface area (Å²) in [6.07, 6.45) is 1.56. The molecule has 4 nitrogen and oxygen atoms in total. The van der Waals surface area contributed by atoms with Crippen LogP contribution in [0.5, 0.6) is 0 Å². The number of rotatable bonds is 4. The maximum absolute atomic E-state index is 6.05. The van der Waals surface area contributed by atoms with Gasteiger partial charge < -0.3 is 15.8 Å². The van der Waals surface area contributed by atoms with Crippen molar-refractivity contribution in [2.45, 2.75) is 6.61 Å². The molecule has 1 aromatic carbocycles. The predicted octanol–water partition coefficient (Wildman–Crippen LogP) is 3.21. The van der Waals surface area contributed by atoms with Crippen molar-refractivity contribution in [1.29, 1.82) is 0 Å². The molecule has 0 atom stereocenters. The molecule has 0 fully saturated rings. The summed E-state index contributed by atoms with van der Waals surface area (Å²) in [5.74, 6) is 0.584. The number of nitrogens with one attached hydrogen (secondary N) is 1. The lowest BCUT2D eigenvalue weighted by molar-refractivity contribution is 0.185. The van der Waals surface area contributed by atoms with Gasteiger partial charge in [-0.15, -0.1) is 0 Å². The second kappa shape index (κ2) is 5.71. The second-order valence-corrected chi connectivity index (χ2v) is 4.26. The zero-order valence-corrected chi connectivity index (χ0v) is 10.7. The van der Waals surface area contributed by atoms with E-state index in [-0.39, 0.29) is 0 Å². The molecule has 94 valence electrons. The normalized spacial score (nSPS) is 10.3. The van der Waals surface area contributed by atoms with Gasteiger partial charge in [-0.05, 0) is 23.8 Å². The maximum atomic E-state index is 6.05. The van der Waals surface area contributed by atoms with Gasteiger partial charge in [0.15, 0.2) is 0 Å². The number of hydrogen-bond acceptors (Lipinski definition) is 4. The Balaban J connectivity index is 2.20. The van der Waals surface area contributed by atoms with Gasteiger partial charge >= 0.3 is 0 Å². The van der Waals surface area contributed by atoms with E-state index in [1.807, 2.05) is 24.3 Å². The number of benzene rings is 1. The van der Waals surface area contributed by atoms with Crippen LogP contribution in [0, 0.1) is 0 Å². The lowest BCUT2D eigenvalue weighted by Gasteiger charge is -2.09. The number of ether oxygens (including phenoxy) is 1. The molecule has 2 rings (SSSR count). The quantitative estimate of drug-likeness (QED) is 0.889. The fourth-order valence-electron chi connectivity index (χ4n) is 1.59. The monoisotopic (exact) mass is 263 g/mol. The average molecular weight is 264 g/mol. The van der Waals surface area contributed by atoms with Crippen LogP contribution in [0.4, 0.5) is 17.2 Å². The topological polar surface area (TPSA) is 60.2 Å². The number of nitrogens with two attached hydrogens (primary N) is 1. The van der Waals surface area contributed by atoms with Crippen molar-refractivity contribution in [1.82, 2.24) is 4.98 Å². The van der Waals surface area contributed by atoms with E-state index in [0.29, 0.717) is 23.1 Å². The third-order valence-electron chi connectivity index (χ3n) is 2.36. The van der Waals surface area contributed by atoms with Gasteiger partial charge in [0.05, 0.1) is 23.5 Å². The standard InChI is InChI=1S/C13H14ClN3O/c1-18-8-9-3-2-4-11(5-9)17-13-12(14)6-10(15)7-16-13/h2-7H,8,15H2,1H3,(H,16,17). The summed E-state index contributed by atoms with van der Waals surface area (Å²) in [6.45, 7) is 0.568. The Labute approximate surface area is 111 Å². The lowest BCUT2D eigenvalue weighted by atomic mass is 10.2. The molecule has 0 unspecified atom stereocenters. The van der Waals surface area contributed by atoms with Crippen LogP contribution in [0.1, 0.15) is 5.56 Å². The Kier molecular flexibility index (Phi) is 4.02. The Hall–Kier alpha value is -1.78. The van der Waals surface area contributed by atoms with Crippen molar-refractivity contribution < 1.29 is 4.74 Å².